The zero-order valence-corrected chi connectivity index (χ0v) is 13.4. The summed E-state index contributed by atoms with van der Waals surface area (Å²) in [6.45, 7) is 0.794. The summed E-state index contributed by atoms with van der Waals surface area (Å²) in [4.78, 5) is 28.3. The second-order valence-electron chi connectivity index (χ2n) is 5.10. The quantitative estimate of drug-likeness (QED) is 0.687. The van der Waals surface area contributed by atoms with Crippen molar-refractivity contribution in [3.05, 3.63) is 34.9 Å². The molecule has 1 aliphatic heterocycles. The summed E-state index contributed by atoms with van der Waals surface area (Å²) >= 11 is 5.78. The Balaban J connectivity index is 1.57. The van der Waals surface area contributed by atoms with E-state index in [9.17, 15) is 9.59 Å². The van der Waals surface area contributed by atoms with E-state index < -0.39 is 18.2 Å². The molecule has 0 radical (unpaired) electrons. The Morgan fingerprint density at radius 3 is 2.70 bits per heavy atom. The van der Waals surface area contributed by atoms with Crippen molar-refractivity contribution < 1.29 is 19.2 Å². The van der Waals surface area contributed by atoms with Crippen LogP contribution in [0.2, 0.25) is 5.02 Å². The molecule has 0 bridgehead atoms. The van der Waals surface area contributed by atoms with Crippen LogP contribution in [0.4, 0.5) is 4.79 Å². The van der Waals surface area contributed by atoms with Crippen molar-refractivity contribution in [1.29, 1.82) is 0 Å². The van der Waals surface area contributed by atoms with Crippen LogP contribution in [0.15, 0.2) is 24.3 Å². The molecule has 1 aliphatic rings. The maximum atomic E-state index is 11.6. The van der Waals surface area contributed by atoms with E-state index >= 15 is 0 Å². The van der Waals surface area contributed by atoms with Gasteiger partial charge in [-0.3, -0.25) is 4.79 Å². The van der Waals surface area contributed by atoms with E-state index in [1.165, 1.54) is 0 Å². The van der Waals surface area contributed by atoms with Gasteiger partial charge in [0.2, 0.25) is 0 Å². The Kier molecular flexibility index (Phi) is 7.12. The third-order valence-corrected chi connectivity index (χ3v) is 3.47. The molecule has 3 N–H and O–H groups in total. The molecule has 2 rings (SSSR count). The lowest BCUT2D eigenvalue weighted by atomic mass is 10.2. The highest BCUT2D eigenvalue weighted by Crippen LogP contribution is 2.12. The maximum absolute atomic E-state index is 11.6. The van der Waals surface area contributed by atoms with Crippen molar-refractivity contribution in [2.24, 2.45) is 0 Å². The van der Waals surface area contributed by atoms with Crippen molar-refractivity contribution >= 4 is 23.5 Å². The van der Waals surface area contributed by atoms with Crippen LogP contribution in [-0.4, -0.2) is 31.4 Å². The molecule has 0 spiro atoms. The summed E-state index contributed by atoms with van der Waals surface area (Å²) in [6, 6.07) is 6.67. The van der Waals surface area contributed by atoms with Crippen LogP contribution in [0.5, 0.6) is 0 Å². The predicted molar refractivity (Wildman–Crippen MR) is 84.5 cm³/mol. The van der Waals surface area contributed by atoms with Gasteiger partial charge in [0, 0.05) is 24.6 Å². The van der Waals surface area contributed by atoms with Crippen molar-refractivity contribution in [2.45, 2.75) is 32.1 Å². The van der Waals surface area contributed by atoms with Gasteiger partial charge in [-0.05, 0) is 30.5 Å². The molecule has 1 atom stereocenters. The number of hydroxylamine groups is 1. The highest BCUT2D eigenvalue weighted by Gasteiger charge is 2.15. The fraction of sp³-hybridized carbons (Fsp3) is 0.467. The van der Waals surface area contributed by atoms with Gasteiger partial charge in [0.15, 0.2) is 6.29 Å². The maximum Gasteiger partial charge on any atom is 0.315 e. The Morgan fingerprint density at radius 1 is 1.22 bits per heavy atom. The molecule has 7 nitrogen and oxygen atoms in total. The van der Waals surface area contributed by atoms with Gasteiger partial charge in [0.25, 0.3) is 5.91 Å². The topological polar surface area (TPSA) is 88.7 Å². The van der Waals surface area contributed by atoms with E-state index in [1.807, 2.05) is 12.1 Å². The van der Waals surface area contributed by atoms with Gasteiger partial charge >= 0.3 is 6.03 Å². The first-order chi connectivity index (χ1) is 11.1. The van der Waals surface area contributed by atoms with Crippen LogP contribution in [-0.2, 0) is 20.9 Å². The minimum Gasteiger partial charge on any atom is -0.350 e. The first kappa shape index (κ1) is 17.5. The molecular weight excluding hydrogens is 322 g/mol. The lowest BCUT2D eigenvalue weighted by Crippen LogP contribution is -2.43. The Bertz CT molecular complexity index is 518. The molecule has 1 heterocycles. The van der Waals surface area contributed by atoms with E-state index in [0.29, 0.717) is 18.2 Å². The molecule has 0 aromatic heterocycles. The van der Waals surface area contributed by atoms with Gasteiger partial charge in [0.1, 0.15) is 6.54 Å². The fourth-order valence-electron chi connectivity index (χ4n) is 1.98. The standard InChI is InChI=1S/C15H20ClN3O4/c16-12-6-4-11(5-7-12)9-17-15(21)18-10-13(20)19-23-14-3-1-2-8-22-14/h4-7,14H,1-3,8-10H2,(H,19,20)(H2,17,18,21). The largest absolute Gasteiger partial charge is 0.350 e. The number of halogens is 1. The molecule has 1 aromatic carbocycles. The van der Waals surface area contributed by atoms with E-state index in [1.54, 1.807) is 12.1 Å². The van der Waals surface area contributed by atoms with Crippen molar-refractivity contribution in [3.8, 4) is 0 Å². The SMILES string of the molecule is O=C(CNC(=O)NCc1ccc(Cl)cc1)NOC1CCCCO1. The van der Waals surface area contributed by atoms with Gasteiger partial charge in [-0.2, -0.15) is 0 Å². The third kappa shape index (κ3) is 6.85. The van der Waals surface area contributed by atoms with Crippen molar-refractivity contribution in [1.82, 2.24) is 16.1 Å². The number of hydrogen-bond acceptors (Lipinski definition) is 4. The number of carbonyl (C=O) groups is 2. The van der Waals surface area contributed by atoms with Gasteiger partial charge in [0.05, 0.1) is 0 Å². The van der Waals surface area contributed by atoms with E-state index in [2.05, 4.69) is 16.1 Å². The lowest BCUT2D eigenvalue weighted by molar-refractivity contribution is -0.200. The number of urea groups is 1. The summed E-state index contributed by atoms with van der Waals surface area (Å²) in [7, 11) is 0. The predicted octanol–water partition coefficient (Wildman–Crippen LogP) is 1.71. The molecule has 1 aromatic rings. The molecule has 1 unspecified atom stereocenters. The summed E-state index contributed by atoms with van der Waals surface area (Å²) in [5.41, 5.74) is 3.18. The summed E-state index contributed by atoms with van der Waals surface area (Å²) in [5.74, 6) is -0.444. The first-order valence-electron chi connectivity index (χ1n) is 7.46. The molecule has 0 aliphatic carbocycles. The zero-order valence-electron chi connectivity index (χ0n) is 12.6. The monoisotopic (exact) mass is 341 g/mol. The van der Waals surface area contributed by atoms with E-state index in [0.717, 1.165) is 24.8 Å². The summed E-state index contributed by atoms with van der Waals surface area (Å²) in [5, 5.41) is 5.72. The van der Waals surface area contributed by atoms with Crippen LogP contribution in [0.3, 0.4) is 0 Å². The number of carbonyl (C=O) groups excluding carboxylic acids is 2. The number of amides is 3. The second kappa shape index (κ2) is 9.34. The molecule has 0 saturated carbocycles. The molecular formula is C15H20ClN3O4. The third-order valence-electron chi connectivity index (χ3n) is 3.22. The molecule has 1 saturated heterocycles. The molecule has 1 fully saturated rings. The summed E-state index contributed by atoms with van der Waals surface area (Å²) in [6.07, 6.45) is 2.34. The average molecular weight is 342 g/mol. The molecule has 23 heavy (non-hydrogen) atoms. The second-order valence-corrected chi connectivity index (χ2v) is 5.54. The van der Waals surface area contributed by atoms with Gasteiger partial charge in [-0.15, -0.1) is 0 Å². The molecule has 8 heteroatoms. The zero-order chi connectivity index (χ0) is 16.5. The summed E-state index contributed by atoms with van der Waals surface area (Å²) < 4.78 is 5.30. The first-order valence-corrected chi connectivity index (χ1v) is 7.83. The number of rotatable bonds is 6. The Hall–Kier alpha value is -1.83. The molecule has 3 amide bonds. The highest BCUT2D eigenvalue weighted by atomic mass is 35.5. The van der Waals surface area contributed by atoms with Crippen LogP contribution in [0, 0.1) is 0 Å². The van der Waals surface area contributed by atoms with Gasteiger partial charge in [-0.25, -0.2) is 15.1 Å². The van der Waals surface area contributed by atoms with Crippen LogP contribution in [0.25, 0.3) is 0 Å². The Morgan fingerprint density at radius 2 is 2.00 bits per heavy atom. The van der Waals surface area contributed by atoms with Crippen LogP contribution < -0.4 is 16.1 Å². The minimum absolute atomic E-state index is 0.181. The van der Waals surface area contributed by atoms with Crippen LogP contribution >= 0.6 is 11.6 Å². The fourth-order valence-corrected chi connectivity index (χ4v) is 2.11. The number of ether oxygens (including phenoxy) is 1. The highest BCUT2D eigenvalue weighted by molar-refractivity contribution is 6.30. The van der Waals surface area contributed by atoms with Gasteiger partial charge in [-0.1, -0.05) is 23.7 Å². The number of benzene rings is 1. The number of hydrogen-bond donors (Lipinski definition) is 3. The van der Waals surface area contributed by atoms with E-state index in [4.69, 9.17) is 21.2 Å². The van der Waals surface area contributed by atoms with Crippen LogP contribution in [0.1, 0.15) is 24.8 Å². The Labute approximate surface area is 139 Å². The van der Waals surface area contributed by atoms with E-state index in [-0.39, 0.29) is 6.54 Å². The lowest BCUT2D eigenvalue weighted by Gasteiger charge is -2.22. The number of nitrogens with one attached hydrogen (secondary N) is 3. The van der Waals surface area contributed by atoms with Gasteiger partial charge < -0.3 is 15.4 Å². The minimum atomic E-state index is -0.444. The van der Waals surface area contributed by atoms with Crippen molar-refractivity contribution in [2.75, 3.05) is 13.2 Å². The normalized spacial score (nSPS) is 17.3. The smallest absolute Gasteiger partial charge is 0.315 e. The molecule has 126 valence electrons. The average Bonchev–Trinajstić information content (AvgIpc) is 2.58. The van der Waals surface area contributed by atoms with Crippen molar-refractivity contribution in [3.63, 3.8) is 0 Å².